The van der Waals surface area contributed by atoms with E-state index in [1.165, 1.54) is 0 Å². The highest BCUT2D eigenvalue weighted by Crippen LogP contribution is 1.82. The molecule has 0 fully saturated rings. The first-order valence-corrected chi connectivity index (χ1v) is 2.82. The van der Waals surface area contributed by atoms with Crippen molar-refractivity contribution >= 4 is 18.5 Å². The molecule has 0 aromatic carbocycles. The number of nitrogens with one attached hydrogen (secondary N) is 1. The molecule has 0 aromatic heterocycles. The molecule has 0 spiro atoms. The van der Waals surface area contributed by atoms with Crippen LogP contribution in [0, 0.1) is 0 Å². The van der Waals surface area contributed by atoms with Crippen molar-refractivity contribution < 1.29 is 0 Å². The number of hydrogen-bond acceptors (Lipinski definition) is 4. The lowest BCUT2D eigenvalue weighted by Crippen LogP contribution is -2.31. The topological polar surface area (TPSA) is 76.4 Å². The molecule has 0 aliphatic carbocycles. The van der Waals surface area contributed by atoms with E-state index in [9.17, 15) is 0 Å². The minimum Gasteiger partial charge on any atom is -0.322 e. The van der Waals surface area contributed by atoms with Crippen molar-refractivity contribution in [2.75, 3.05) is 5.75 Å². The lowest BCUT2D eigenvalue weighted by atomic mass is 10.4. The van der Waals surface area contributed by atoms with Gasteiger partial charge in [0, 0.05) is 6.42 Å². The van der Waals surface area contributed by atoms with Crippen LogP contribution in [0.5, 0.6) is 0 Å². The summed E-state index contributed by atoms with van der Waals surface area (Å²) in [4.78, 5) is 0. The van der Waals surface area contributed by atoms with Gasteiger partial charge in [0.2, 0.25) is 0 Å². The first-order chi connectivity index (χ1) is 3.85. The fraction of sp³-hybridized carbons (Fsp3) is 0.667. The van der Waals surface area contributed by atoms with Gasteiger partial charge < -0.3 is 11.3 Å². The third-order valence-electron chi connectivity index (χ3n) is 0.671. The minimum atomic E-state index is 0.569. The van der Waals surface area contributed by atoms with E-state index in [1.54, 1.807) is 0 Å². The largest absolute Gasteiger partial charge is 0.322 e. The molecule has 4 nitrogen and oxygen atoms in total. The zero-order valence-electron chi connectivity index (χ0n) is 4.46. The molecule has 0 rings (SSSR count). The third kappa shape index (κ3) is 2.70. The number of hydrogen-bond donors (Lipinski definition) is 4. The van der Waals surface area contributed by atoms with Gasteiger partial charge in [0.1, 0.15) is 5.84 Å². The van der Waals surface area contributed by atoms with E-state index >= 15 is 0 Å². The quantitative estimate of drug-likeness (QED) is 0.129. The van der Waals surface area contributed by atoms with Crippen molar-refractivity contribution in [1.82, 2.24) is 5.43 Å². The predicted octanol–water partition coefficient (Wildman–Crippen LogP) is -0.958. The highest BCUT2D eigenvalue weighted by molar-refractivity contribution is 7.80. The van der Waals surface area contributed by atoms with Crippen LogP contribution in [0.25, 0.3) is 0 Å². The smallest absolute Gasteiger partial charge is 0.136 e. The van der Waals surface area contributed by atoms with Gasteiger partial charge in [-0.3, -0.25) is 0 Å². The Labute approximate surface area is 53.7 Å². The summed E-state index contributed by atoms with van der Waals surface area (Å²) in [7, 11) is 0. The maximum Gasteiger partial charge on any atom is 0.136 e. The molecule has 0 aliphatic heterocycles. The van der Waals surface area contributed by atoms with Gasteiger partial charge >= 0.3 is 0 Å². The van der Waals surface area contributed by atoms with Crippen molar-refractivity contribution in [3.05, 3.63) is 0 Å². The number of amidine groups is 1. The van der Waals surface area contributed by atoms with E-state index in [-0.39, 0.29) is 0 Å². The number of rotatable bonds is 2. The van der Waals surface area contributed by atoms with Gasteiger partial charge in [-0.05, 0) is 5.75 Å². The van der Waals surface area contributed by atoms with E-state index < -0.39 is 0 Å². The molecule has 0 aliphatic rings. The third-order valence-corrected chi connectivity index (χ3v) is 0.895. The van der Waals surface area contributed by atoms with Gasteiger partial charge in [-0.15, -0.1) is 0 Å². The molecule has 0 atom stereocenters. The zero-order chi connectivity index (χ0) is 6.41. The standard InChI is InChI=1S/C3H10N4S/c4-6-3(7-5)1-2-8/h8H,1-2,4-5H2,(H,6,7). The van der Waals surface area contributed by atoms with E-state index in [0.717, 1.165) is 0 Å². The van der Waals surface area contributed by atoms with Crippen LogP contribution >= 0.6 is 12.6 Å². The summed E-state index contributed by atoms with van der Waals surface area (Å²) in [5, 5.41) is 3.33. The van der Waals surface area contributed by atoms with Crippen LogP contribution in [0.2, 0.25) is 0 Å². The molecule has 5 heteroatoms. The fourth-order valence-electron chi connectivity index (χ4n) is 0.280. The average molecular weight is 134 g/mol. The van der Waals surface area contributed by atoms with Gasteiger partial charge in [0.05, 0.1) is 0 Å². The summed E-state index contributed by atoms with van der Waals surface area (Å²) in [6, 6.07) is 0. The maximum absolute atomic E-state index is 4.97. The average Bonchev–Trinajstić information content (AvgIpc) is 1.83. The SMILES string of the molecule is N/N=C(/CCS)NN. The normalized spacial score (nSPS) is 11.5. The Morgan fingerprint density at radius 3 is 2.50 bits per heavy atom. The van der Waals surface area contributed by atoms with E-state index in [4.69, 9.17) is 11.7 Å². The van der Waals surface area contributed by atoms with Crippen molar-refractivity contribution in [1.29, 1.82) is 0 Å². The molecular formula is C3H10N4S. The lowest BCUT2D eigenvalue weighted by molar-refractivity contribution is 0.962. The maximum atomic E-state index is 4.97. The molecular weight excluding hydrogens is 124 g/mol. The summed E-state index contributed by atoms with van der Waals surface area (Å²) in [5.41, 5.74) is 2.33. The Hall–Kier alpha value is -0.420. The summed E-state index contributed by atoms with van der Waals surface area (Å²) in [6.45, 7) is 0. The van der Waals surface area contributed by atoms with Crippen molar-refractivity contribution in [2.45, 2.75) is 6.42 Å². The van der Waals surface area contributed by atoms with Crippen LogP contribution in [0.1, 0.15) is 6.42 Å². The van der Waals surface area contributed by atoms with Crippen LogP contribution in [-0.4, -0.2) is 11.6 Å². The van der Waals surface area contributed by atoms with Crippen molar-refractivity contribution in [3.8, 4) is 0 Å². The highest BCUT2D eigenvalue weighted by Gasteiger charge is 1.89. The van der Waals surface area contributed by atoms with Gasteiger partial charge in [-0.2, -0.15) is 17.7 Å². The Morgan fingerprint density at radius 1 is 1.75 bits per heavy atom. The summed E-state index contributed by atoms with van der Waals surface area (Å²) < 4.78 is 0. The van der Waals surface area contributed by atoms with Crippen LogP contribution in [-0.2, 0) is 0 Å². The van der Waals surface area contributed by atoms with E-state index in [0.29, 0.717) is 18.0 Å². The Balaban J connectivity index is 3.38. The van der Waals surface area contributed by atoms with Gasteiger partial charge in [-0.25, -0.2) is 5.84 Å². The van der Waals surface area contributed by atoms with E-state index in [2.05, 4.69) is 23.2 Å². The minimum absolute atomic E-state index is 0.569. The summed E-state index contributed by atoms with van der Waals surface area (Å²) in [6.07, 6.45) is 0.677. The lowest BCUT2D eigenvalue weighted by Gasteiger charge is -1.98. The molecule has 0 unspecified atom stereocenters. The first-order valence-electron chi connectivity index (χ1n) is 2.19. The molecule has 0 aromatic rings. The number of thiol groups is 1. The molecule has 8 heavy (non-hydrogen) atoms. The van der Waals surface area contributed by atoms with Crippen LogP contribution < -0.4 is 17.1 Å². The van der Waals surface area contributed by atoms with Gasteiger partial charge in [0.15, 0.2) is 0 Å². The van der Waals surface area contributed by atoms with Crippen molar-refractivity contribution in [2.24, 2.45) is 16.8 Å². The second-order valence-electron chi connectivity index (χ2n) is 1.19. The molecule has 0 amide bonds. The zero-order valence-corrected chi connectivity index (χ0v) is 5.36. The fourth-order valence-corrected chi connectivity index (χ4v) is 0.492. The molecule has 0 heterocycles. The summed E-state index contributed by atoms with van der Waals surface area (Å²) >= 11 is 3.94. The Bertz CT molecular complexity index is 81.4. The molecule has 0 saturated heterocycles. The molecule has 0 bridgehead atoms. The summed E-state index contributed by atoms with van der Waals surface area (Å²) in [5.74, 6) is 11.1. The van der Waals surface area contributed by atoms with Gasteiger partial charge in [-0.1, -0.05) is 0 Å². The Morgan fingerprint density at radius 2 is 2.38 bits per heavy atom. The number of nitrogens with two attached hydrogens (primary N) is 2. The second kappa shape index (κ2) is 4.73. The highest BCUT2D eigenvalue weighted by atomic mass is 32.1. The van der Waals surface area contributed by atoms with Crippen LogP contribution in [0.15, 0.2) is 5.10 Å². The molecule has 0 radical (unpaired) electrons. The van der Waals surface area contributed by atoms with Crippen LogP contribution in [0.4, 0.5) is 0 Å². The van der Waals surface area contributed by atoms with Crippen molar-refractivity contribution in [3.63, 3.8) is 0 Å². The molecule has 0 saturated carbocycles. The monoisotopic (exact) mass is 134 g/mol. The van der Waals surface area contributed by atoms with Crippen LogP contribution in [0.3, 0.4) is 0 Å². The number of hydrazine groups is 1. The number of hydrazone groups is 1. The second-order valence-corrected chi connectivity index (χ2v) is 1.64. The first kappa shape index (κ1) is 7.58. The Kier molecular flexibility index (Phi) is 4.48. The van der Waals surface area contributed by atoms with Gasteiger partial charge in [0.25, 0.3) is 0 Å². The molecule has 48 valence electrons. The van der Waals surface area contributed by atoms with E-state index in [1.807, 2.05) is 0 Å². The predicted molar refractivity (Wildman–Crippen MR) is 37.4 cm³/mol. The number of nitrogens with zero attached hydrogens (tertiary/aromatic N) is 1. The molecule has 5 N–H and O–H groups in total.